The summed E-state index contributed by atoms with van der Waals surface area (Å²) in [5.74, 6) is -1.19. The van der Waals surface area contributed by atoms with Crippen LogP contribution in [0.1, 0.15) is 24.7 Å². The van der Waals surface area contributed by atoms with Crippen LogP contribution >= 0.6 is 0 Å². The van der Waals surface area contributed by atoms with Gasteiger partial charge in [0, 0.05) is 0 Å². The number of halogens is 3. The molecule has 16 heavy (non-hydrogen) atoms. The second kappa shape index (κ2) is 4.54. The predicted octanol–water partition coefficient (Wildman–Crippen LogP) is 1.53. The van der Waals surface area contributed by atoms with Gasteiger partial charge in [0.1, 0.15) is 12.2 Å². The molecule has 4 nitrogen and oxygen atoms in total. The lowest BCUT2D eigenvalue weighted by Crippen LogP contribution is -2.21. The molecular formula is C9H11F3N2O2. The van der Waals surface area contributed by atoms with E-state index < -0.39 is 29.9 Å². The van der Waals surface area contributed by atoms with Crippen molar-refractivity contribution >= 4 is 0 Å². The van der Waals surface area contributed by atoms with Crippen LogP contribution in [-0.4, -0.2) is 21.3 Å². The van der Waals surface area contributed by atoms with Crippen LogP contribution in [0.3, 0.4) is 0 Å². The van der Waals surface area contributed by atoms with Crippen LogP contribution in [0, 0.1) is 0 Å². The molecule has 0 aliphatic carbocycles. The van der Waals surface area contributed by atoms with E-state index in [-0.39, 0.29) is 12.0 Å². The molecular weight excluding hydrogens is 225 g/mol. The van der Waals surface area contributed by atoms with Gasteiger partial charge in [0.05, 0.1) is 5.56 Å². The van der Waals surface area contributed by atoms with Gasteiger partial charge in [-0.15, -0.1) is 0 Å². The molecule has 2 N–H and O–H groups in total. The molecule has 1 aromatic heterocycles. The van der Waals surface area contributed by atoms with Crippen molar-refractivity contribution in [3.05, 3.63) is 21.7 Å². The molecule has 0 unspecified atom stereocenters. The van der Waals surface area contributed by atoms with Crippen molar-refractivity contribution in [2.45, 2.75) is 32.4 Å². The predicted molar refractivity (Wildman–Crippen MR) is 50.3 cm³/mol. The van der Waals surface area contributed by atoms with Crippen LogP contribution in [0.2, 0.25) is 0 Å². The van der Waals surface area contributed by atoms with Crippen LogP contribution in [-0.2, 0) is 12.8 Å². The monoisotopic (exact) mass is 236 g/mol. The molecule has 0 aliphatic heterocycles. The van der Waals surface area contributed by atoms with Crippen LogP contribution in [0.5, 0.6) is 5.88 Å². The first-order chi connectivity index (χ1) is 7.33. The average molecular weight is 236 g/mol. The highest BCUT2D eigenvalue weighted by Crippen LogP contribution is 2.20. The minimum atomic E-state index is -4.46. The summed E-state index contributed by atoms with van der Waals surface area (Å²) in [7, 11) is 0. The summed E-state index contributed by atoms with van der Waals surface area (Å²) < 4.78 is 36.0. The van der Waals surface area contributed by atoms with Crippen molar-refractivity contribution < 1.29 is 18.3 Å². The van der Waals surface area contributed by atoms with Crippen LogP contribution in [0.25, 0.3) is 0 Å². The van der Waals surface area contributed by atoms with Crippen molar-refractivity contribution in [2.24, 2.45) is 0 Å². The lowest BCUT2D eigenvalue weighted by molar-refractivity contribution is -0.128. The summed E-state index contributed by atoms with van der Waals surface area (Å²) in [6.07, 6.45) is -4.95. The second-order valence-corrected chi connectivity index (χ2v) is 3.36. The summed E-state index contributed by atoms with van der Waals surface area (Å²) in [5, 5.41) is 9.30. The smallest absolute Gasteiger partial charge is 0.396 e. The van der Waals surface area contributed by atoms with E-state index >= 15 is 0 Å². The standard InChI is InChI=1S/C9H11F3N2O2/c1-2-3-5-7(15)13-6(14-8(5)16)4-9(10,11)12/h2-4H2,1H3,(H2,13,14,15,16). The number of rotatable bonds is 3. The molecule has 1 rings (SSSR count). The van der Waals surface area contributed by atoms with E-state index in [9.17, 15) is 23.1 Å². The lowest BCUT2D eigenvalue weighted by atomic mass is 10.2. The quantitative estimate of drug-likeness (QED) is 0.836. The number of aromatic nitrogens is 2. The fourth-order valence-corrected chi connectivity index (χ4v) is 1.28. The zero-order valence-corrected chi connectivity index (χ0v) is 8.56. The Balaban J connectivity index is 3.05. The van der Waals surface area contributed by atoms with Gasteiger partial charge < -0.3 is 10.1 Å². The molecule has 1 aromatic rings. The van der Waals surface area contributed by atoms with Gasteiger partial charge in [0.2, 0.25) is 5.88 Å². The molecule has 0 saturated carbocycles. The summed E-state index contributed by atoms with van der Waals surface area (Å²) in [6.45, 7) is 1.78. The first kappa shape index (κ1) is 12.5. The molecule has 0 radical (unpaired) electrons. The minimum Gasteiger partial charge on any atom is -0.493 e. The van der Waals surface area contributed by atoms with Gasteiger partial charge in [-0.05, 0) is 6.42 Å². The highest BCUT2D eigenvalue weighted by Gasteiger charge is 2.29. The molecule has 0 atom stereocenters. The first-order valence-corrected chi connectivity index (χ1v) is 4.71. The number of hydrogen-bond acceptors (Lipinski definition) is 3. The number of nitrogens with one attached hydrogen (secondary N) is 1. The average Bonchev–Trinajstić information content (AvgIpc) is 2.08. The number of nitrogens with zero attached hydrogens (tertiary/aromatic N) is 1. The lowest BCUT2D eigenvalue weighted by Gasteiger charge is -2.07. The summed E-state index contributed by atoms with van der Waals surface area (Å²) in [4.78, 5) is 16.6. The van der Waals surface area contributed by atoms with Crippen LogP contribution < -0.4 is 5.56 Å². The van der Waals surface area contributed by atoms with E-state index in [0.717, 1.165) is 0 Å². The van der Waals surface area contributed by atoms with Gasteiger partial charge in [-0.2, -0.15) is 18.2 Å². The highest BCUT2D eigenvalue weighted by atomic mass is 19.4. The van der Waals surface area contributed by atoms with Gasteiger partial charge in [-0.1, -0.05) is 13.3 Å². The molecule has 7 heteroatoms. The van der Waals surface area contributed by atoms with Gasteiger partial charge in [0.25, 0.3) is 5.56 Å². The molecule has 0 spiro atoms. The number of H-pyrrole nitrogens is 1. The Morgan fingerprint density at radius 2 is 2.06 bits per heavy atom. The number of aromatic amines is 1. The molecule has 1 heterocycles. The topological polar surface area (TPSA) is 66.0 Å². The Bertz CT molecular complexity index is 426. The van der Waals surface area contributed by atoms with Crippen molar-refractivity contribution in [3.63, 3.8) is 0 Å². The van der Waals surface area contributed by atoms with Gasteiger partial charge in [-0.3, -0.25) is 4.79 Å². The molecule has 0 bridgehead atoms. The van der Waals surface area contributed by atoms with Gasteiger partial charge >= 0.3 is 6.18 Å². The van der Waals surface area contributed by atoms with E-state index in [1.165, 1.54) is 0 Å². The van der Waals surface area contributed by atoms with Crippen molar-refractivity contribution in [2.75, 3.05) is 0 Å². The third-order valence-electron chi connectivity index (χ3n) is 1.91. The third-order valence-corrected chi connectivity index (χ3v) is 1.91. The van der Waals surface area contributed by atoms with Crippen LogP contribution in [0.4, 0.5) is 13.2 Å². The van der Waals surface area contributed by atoms with E-state index in [0.29, 0.717) is 6.42 Å². The Morgan fingerprint density at radius 1 is 1.44 bits per heavy atom. The maximum absolute atomic E-state index is 12.0. The van der Waals surface area contributed by atoms with Crippen molar-refractivity contribution in [1.29, 1.82) is 0 Å². The van der Waals surface area contributed by atoms with Crippen molar-refractivity contribution in [3.8, 4) is 5.88 Å². The summed E-state index contributed by atoms with van der Waals surface area (Å²) in [5.41, 5.74) is -0.693. The number of hydrogen-bond donors (Lipinski definition) is 2. The second-order valence-electron chi connectivity index (χ2n) is 3.36. The zero-order chi connectivity index (χ0) is 12.3. The fraction of sp³-hybridized carbons (Fsp3) is 0.556. The Hall–Kier alpha value is -1.53. The van der Waals surface area contributed by atoms with E-state index in [4.69, 9.17) is 0 Å². The van der Waals surface area contributed by atoms with Crippen LogP contribution in [0.15, 0.2) is 4.79 Å². The molecule has 0 fully saturated rings. The number of alkyl halides is 3. The normalized spacial score (nSPS) is 11.8. The van der Waals surface area contributed by atoms with Crippen molar-refractivity contribution in [1.82, 2.24) is 9.97 Å². The molecule has 0 saturated heterocycles. The molecule has 0 aromatic carbocycles. The molecule has 0 aliphatic rings. The largest absolute Gasteiger partial charge is 0.493 e. The summed E-state index contributed by atoms with van der Waals surface area (Å²) in [6, 6.07) is 0. The summed E-state index contributed by atoms with van der Waals surface area (Å²) >= 11 is 0. The zero-order valence-electron chi connectivity index (χ0n) is 8.56. The van der Waals surface area contributed by atoms with E-state index in [1.807, 2.05) is 4.98 Å². The Labute approximate surface area is 89.1 Å². The highest BCUT2D eigenvalue weighted by molar-refractivity contribution is 5.22. The van der Waals surface area contributed by atoms with Gasteiger partial charge in [-0.25, -0.2) is 0 Å². The minimum absolute atomic E-state index is 0.0217. The van der Waals surface area contributed by atoms with Gasteiger partial charge in [0.15, 0.2) is 0 Å². The Morgan fingerprint density at radius 3 is 2.50 bits per heavy atom. The fourth-order valence-electron chi connectivity index (χ4n) is 1.28. The maximum atomic E-state index is 12.0. The molecule has 0 amide bonds. The molecule has 90 valence electrons. The Kier molecular flexibility index (Phi) is 3.56. The SMILES string of the molecule is CCCc1c(O)nc(CC(F)(F)F)[nH]c1=O. The number of aromatic hydroxyl groups is 1. The maximum Gasteiger partial charge on any atom is 0.396 e. The van der Waals surface area contributed by atoms with E-state index in [1.54, 1.807) is 6.92 Å². The third kappa shape index (κ3) is 3.25. The first-order valence-electron chi connectivity index (χ1n) is 4.71. The van der Waals surface area contributed by atoms with E-state index in [2.05, 4.69) is 4.98 Å².